The van der Waals surface area contributed by atoms with Crippen LogP contribution in [0.1, 0.15) is 35.9 Å². The molecule has 0 aliphatic rings. The third-order valence-corrected chi connectivity index (χ3v) is 3.50. The second-order valence-electron chi connectivity index (χ2n) is 5.59. The first-order valence-electron chi connectivity index (χ1n) is 8.65. The van der Waals surface area contributed by atoms with Crippen LogP contribution in [0, 0.1) is 0 Å². The van der Waals surface area contributed by atoms with Crippen molar-refractivity contribution in [2.75, 3.05) is 18.5 Å². The molecular weight excluding hydrogens is 348 g/mol. The summed E-state index contributed by atoms with van der Waals surface area (Å²) in [6, 6.07) is 10.3. The Morgan fingerprint density at radius 3 is 2.59 bits per heavy atom. The molecule has 142 valence electrons. The molecular formula is C20H22N2O5. The van der Waals surface area contributed by atoms with Crippen molar-refractivity contribution in [3.8, 4) is 0 Å². The van der Waals surface area contributed by atoms with E-state index in [0.717, 1.165) is 5.56 Å². The Morgan fingerprint density at radius 1 is 1.15 bits per heavy atom. The maximum atomic E-state index is 11.9. The van der Waals surface area contributed by atoms with Gasteiger partial charge in [0, 0.05) is 24.7 Å². The summed E-state index contributed by atoms with van der Waals surface area (Å²) in [6.07, 6.45) is 5.22. The van der Waals surface area contributed by atoms with Crippen LogP contribution in [0.25, 0.3) is 6.08 Å². The van der Waals surface area contributed by atoms with Gasteiger partial charge in [0.2, 0.25) is 5.91 Å². The molecule has 0 radical (unpaired) electrons. The van der Waals surface area contributed by atoms with Crippen LogP contribution in [-0.2, 0) is 14.3 Å². The summed E-state index contributed by atoms with van der Waals surface area (Å²) in [4.78, 5) is 34.9. The van der Waals surface area contributed by atoms with E-state index in [4.69, 9.17) is 9.15 Å². The fourth-order valence-electron chi connectivity index (χ4n) is 2.20. The van der Waals surface area contributed by atoms with Gasteiger partial charge in [-0.25, -0.2) is 4.79 Å². The number of carbonyl (C=O) groups excluding carboxylic acids is 3. The van der Waals surface area contributed by atoms with E-state index in [1.165, 1.54) is 12.3 Å². The van der Waals surface area contributed by atoms with Crippen LogP contribution in [0.2, 0.25) is 0 Å². The molecule has 1 aromatic heterocycles. The lowest BCUT2D eigenvalue weighted by atomic mass is 10.2. The van der Waals surface area contributed by atoms with Crippen LogP contribution >= 0.6 is 0 Å². The molecule has 0 fully saturated rings. The Morgan fingerprint density at radius 2 is 1.93 bits per heavy atom. The molecule has 2 N–H and O–H groups in total. The maximum Gasteiger partial charge on any atom is 0.330 e. The van der Waals surface area contributed by atoms with Crippen LogP contribution in [0.4, 0.5) is 5.69 Å². The number of carbonyl (C=O) groups is 3. The first-order valence-corrected chi connectivity index (χ1v) is 8.65. The molecule has 0 saturated carbocycles. The number of nitrogens with one attached hydrogen (secondary N) is 2. The zero-order valence-corrected chi connectivity index (χ0v) is 15.1. The number of hydrogen-bond donors (Lipinski definition) is 2. The van der Waals surface area contributed by atoms with E-state index < -0.39 is 5.97 Å². The molecule has 2 aromatic rings. The molecule has 7 heteroatoms. The van der Waals surface area contributed by atoms with Gasteiger partial charge in [-0.3, -0.25) is 9.59 Å². The molecule has 0 bridgehead atoms. The number of amides is 2. The standard InChI is InChI=1S/C20H22N2O5/c1-2-26-19(24)12-9-15-7-10-16(11-8-15)22-18(23)6-3-13-21-20(25)17-5-4-14-27-17/h4-5,7-12,14H,2-3,6,13H2,1H3,(H,21,25)(H,22,23)/b12-9+. The molecule has 0 atom stereocenters. The zero-order valence-electron chi connectivity index (χ0n) is 15.1. The molecule has 0 spiro atoms. The second kappa shape index (κ2) is 10.6. The lowest BCUT2D eigenvalue weighted by Gasteiger charge is -2.06. The first kappa shape index (κ1) is 20.0. The number of benzene rings is 1. The highest BCUT2D eigenvalue weighted by Crippen LogP contribution is 2.11. The average molecular weight is 370 g/mol. The molecule has 2 amide bonds. The van der Waals surface area contributed by atoms with Crippen LogP contribution in [0.5, 0.6) is 0 Å². The van der Waals surface area contributed by atoms with Crippen molar-refractivity contribution >= 4 is 29.5 Å². The monoisotopic (exact) mass is 370 g/mol. The van der Waals surface area contributed by atoms with Crippen molar-refractivity contribution in [1.29, 1.82) is 0 Å². The molecule has 0 aliphatic heterocycles. The van der Waals surface area contributed by atoms with E-state index in [1.807, 2.05) is 0 Å². The topological polar surface area (TPSA) is 97.6 Å². The molecule has 27 heavy (non-hydrogen) atoms. The van der Waals surface area contributed by atoms with Gasteiger partial charge in [0.05, 0.1) is 12.9 Å². The lowest BCUT2D eigenvalue weighted by molar-refractivity contribution is -0.137. The van der Waals surface area contributed by atoms with E-state index in [1.54, 1.807) is 49.4 Å². The third kappa shape index (κ3) is 7.19. The van der Waals surface area contributed by atoms with E-state index in [-0.39, 0.29) is 24.0 Å². The maximum absolute atomic E-state index is 11.9. The summed E-state index contributed by atoms with van der Waals surface area (Å²) < 4.78 is 9.79. The Kier molecular flexibility index (Phi) is 7.84. The highest BCUT2D eigenvalue weighted by atomic mass is 16.5. The van der Waals surface area contributed by atoms with Gasteiger partial charge in [-0.05, 0) is 49.2 Å². The summed E-state index contributed by atoms with van der Waals surface area (Å²) in [5, 5.41) is 5.47. The smallest absolute Gasteiger partial charge is 0.330 e. The molecule has 2 rings (SSSR count). The van der Waals surface area contributed by atoms with Gasteiger partial charge in [0.15, 0.2) is 5.76 Å². The average Bonchev–Trinajstić information content (AvgIpc) is 3.20. The van der Waals surface area contributed by atoms with Crippen molar-refractivity contribution in [3.05, 3.63) is 60.1 Å². The van der Waals surface area contributed by atoms with E-state index in [9.17, 15) is 14.4 Å². The number of esters is 1. The molecule has 0 saturated heterocycles. The van der Waals surface area contributed by atoms with E-state index in [2.05, 4.69) is 10.6 Å². The Hall–Kier alpha value is -3.35. The summed E-state index contributed by atoms with van der Waals surface area (Å²) >= 11 is 0. The normalized spacial score (nSPS) is 10.6. The van der Waals surface area contributed by atoms with Crippen LogP contribution in [0.3, 0.4) is 0 Å². The number of ether oxygens (including phenoxy) is 1. The van der Waals surface area contributed by atoms with Crippen molar-refractivity contribution in [1.82, 2.24) is 5.32 Å². The fourth-order valence-corrected chi connectivity index (χ4v) is 2.20. The van der Waals surface area contributed by atoms with Crippen molar-refractivity contribution in [2.24, 2.45) is 0 Å². The zero-order chi connectivity index (χ0) is 19.5. The predicted octanol–water partition coefficient (Wildman–Crippen LogP) is 3.00. The SMILES string of the molecule is CCOC(=O)/C=C/c1ccc(NC(=O)CCCNC(=O)c2ccco2)cc1. The quantitative estimate of drug-likeness (QED) is 0.402. The largest absolute Gasteiger partial charge is 0.463 e. The van der Waals surface area contributed by atoms with Gasteiger partial charge in [-0.2, -0.15) is 0 Å². The van der Waals surface area contributed by atoms with Gasteiger partial charge in [0.1, 0.15) is 0 Å². The number of anilines is 1. The second-order valence-corrected chi connectivity index (χ2v) is 5.59. The van der Waals surface area contributed by atoms with Crippen LogP contribution < -0.4 is 10.6 Å². The molecule has 1 aromatic carbocycles. The summed E-state index contributed by atoms with van der Waals surface area (Å²) in [7, 11) is 0. The number of rotatable bonds is 9. The highest BCUT2D eigenvalue weighted by Gasteiger charge is 2.08. The van der Waals surface area contributed by atoms with Crippen molar-refractivity contribution < 1.29 is 23.5 Å². The molecule has 7 nitrogen and oxygen atoms in total. The summed E-state index contributed by atoms with van der Waals surface area (Å²) in [6.45, 7) is 2.46. The third-order valence-electron chi connectivity index (χ3n) is 3.50. The van der Waals surface area contributed by atoms with Crippen molar-refractivity contribution in [3.63, 3.8) is 0 Å². The van der Waals surface area contributed by atoms with E-state index in [0.29, 0.717) is 25.3 Å². The lowest BCUT2D eigenvalue weighted by Crippen LogP contribution is -2.25. The van der Waals surface area contributed by atoms with Gasteiger partial charge in [-0.1, -0.05) is 12.1 Å². The highest BCUT2D eigenvalue weighted by molar-refractivity contribution is 5.92. The molecule has 0 aliphatic carbocycles. The van der Waals surface area contributed by atoms with Gasteiger partial charge in [0.25, 0.3) is 5.91 Å². The first-order chi connectivity index (χ1) is 13.1. The van der Waals surface area contributed by atoms with E-state index >= 15 is 0 Å². The van der Waals surface area contributed by atoms with Crippen LogP contribution in [-0.4, -0.2) is 30.9 Å². The minimum atomic E-state index is -0.394. The number of hydrogen-bond acceptors (Lipinski definition) is 5. The predicted molar refractivity (Wildman–Crippen MR) is 101 cm³/mol. The Bertz CT molecular complexity index is 779. The minimum Gasteiger partial charge on any atom is -0.463 e. The van der Waals surface area contributed by atoms with Gasteiger partial charge < -0.3 is 19.8 Å². The van der Waals surface area contributed by atoms with Crippen LogP contribution in [0.15, 0.2) is 53.2 Å². The minimum absolute atomic E-state index is 0.142. The Balaban J connectivity index is 1.69. The Labute approximate surface area is 157 Å². The fraction of sp³-hybridized carbons (Fsp3) is 0.250. The molecule has 1 heterocycles. The number of furan rings is 1. The summed E-state index contributed by atoms with van der Waals surface area (Å²) in [5.74, 6) is -0.588. The van der Waals surface area contributed by atoms with Crippen molar-refractivity contribution in [2.45, 2.75) is 19.8 Å². The summed E-state index contributed by atoms with van der Waals surface area (Å²) in [5.41, 5.74) is 1.48. The van der Waals surface area contributed by atoms with Gasteiger partial charge in [-0.15, -0.1) is 0 Å². The molecule has 0 unspecified atom stereocenters. The van der Waals surface area contributed by atoms with Gasteiger partial charge >= 0.3 is 5.97 Å².